The van der Waals surface area contributed by atoms with Crippen LogP contribution in [0, 0.1) is 19.8 Å². The van der Waals surface area contributed by atoms with Crippen LogP contribution in [0.4, 0.5) is 0 Å². The molecule has 2 bridgehead atoms. The number of ether oxygens (including phenoxy) is 1. The summed E-state index contributed by atoms with van der Waals surface area (Å²) in [5, 5.41) is 0. The van der Waals surface area contributed by atoms with Crippen LogP contribution >= 0.6 is 11.3 Å². The van der Waals surface area contributed by atoms with Gasteiger partial charge >= 0.3 is 5.97 Å². The first-order valence-electron chi connectivity index (χ1n) is 10.1. The van der Waals surface area contributed by atoms with E-state index in [9.17, 15) is 4.79 Å². The van der Waals surface area contributed by atoms with Gasteiger partial charge in [-0.2, -0.15) is 0 Å². The van der Waals surface area contributed by atoms with E-state index in [1.807, 2.05) is 0 Å². The van der Waals surface area contributed by atoms with Gasteiger partial charge in [-0.3, -0.25) is 4.79 Å². The minimum Gasteiger partial charge on any atom is -1.00 e. The molecule has 0 saturated carbocycles. The first-order valence-corrected chi connectivity index (χ1v) is 10.9. The standard InChI is InChI=1S/C21H34NO2S.BrH/c1-17-15-20(18(2)25-17)16-21(23)24-14-6-4-3-5-10-22-11-7-19(8-12-22)9-13-22;/h15,19H,3-14,16H2,1-2H3;1H/q+1;/p-1. The fraction of sp³-hybridized carbons (Fsp3) is 0.762. The summed E-state index contributed by atoms with van der Waals surface area (Å²) in [6.07, 6.45) is 9.66. The van der Waals surface area contributed by atoms with Gasteiger partial charge in [0.25, 0.3) is 0 Å². The number of hydrogen-bond acceptors (Lipinski definition) is 3. The number of rotatable bonds is 9. The van der Waals surface area contributed by atoms with Crippen LogP contribution in [0.2, 0.25) is 0 Å². The predicted octanol–water partition coefficient (Wildman–Crippen LogP) is 1.65. The number of nitrogens with zero attached hydrogens (tertiary/aromatic N) is 1. The molecule has 3 aliphatic rings. The SMILES string of the molecule is Cc1cc(CC(=O)OCCCCCC[N+]23CCC(CC2)CC3)c(C)s1.[Br-]. The van der Waals surface area contributed by atoms with Gasteiger partial charge in [0.05, 0.1) is 39.2 Å². The summed E-state index contributed by atoms with van der Waals surface area (Å²) in [6.45, 7) is 10.4. The first kappa shape index (κ1) is 21.9. The number of thiophene rings is 1. The molecule has 3 nitrogen and oxygen atoms in total. The Bertz CT molecular complexity index is 565. The van der Waals surface area contributed by atoms with Crippen molar-refractivity contribution in [2.45, 2.75) is 65.2 Å². The van der Waals surface area contributed by atoms with E-state index in [0.29, 0.717) is 13.0 Å². The van der Waals surface area contributed by atoms with Crippen molar-refractivity contribution in [1.29, 1.82) is 0 Å². The highest BCUT2D eigenvalue weighted by Gasteiger charge is 2.38. The Labute approximate surface area is 173 Å². The molecule has 148 valence electrons. The molecule has 4 heterocycles. The molecule has 3 aliphatic heterocycles. The molecule has 0 aliphatic carbocycles. The quantitative estimate of drug-likeness (QED) is 0.329. The van der Waals surface area contributed by atoms with Crippen LogP contribution in [0.1, 0.15) is 60.3 Å². The van der Waals surface area contributed by atoms with Gasteiger partial charge in [-0.15, -0.1) is 11.3 Å². The molecule has 0 N–H and O–H groups in total. The maximum atomic E-state index is 11.9. The lowest BCUT2D eigenvalue weighted by Crippen LogP contribution is -3.00. The van der Waals surface area contributed by atoms with Crippen molar-refractivity contribution in [1.82, 2.24) is 0 Å². The molecule has 0 radical (unpaired) electrons. The third-order valence-electron chi connectivity index (χ3n) is 6.30. The highest BCUT2D eigenvalue weighted by atomic mass is 79.9. The average molecular weight is 444 g/mol. The Morgan fingerprint density at radius 3 is 2.38 bits per heavy atom. The highest BCUT2D eigenvalue weighted by Crippen LogP contribution is 2.33. The van der Waals surface area contributed by atoms with E-state index in [2.05, 4.69) is 19.9 Å². The summed E-state index contributed by atoms with van der Waals surface area (Å²) in [6, 6.07) is 2.11. The first-order chi connectivity index (χ1) is 12.1. The zero-order chi connectivity index (χ0) is 17.7. The Morgan fingerprint density at radius 1 is 1.12 bits per heavy atom. The highest BCUT2D eigenvalue weighted by molar-refractivity contribution is 7.12. The zero-order valence-corrected chi connectivity index (χ0v) is 18.8. The Morgan fingerprint density at radius 2 is 1.77 bits per heavy atom. The van der Waals surface area contributed by atoms with Gasteiger partial charge in [-0.25, -0.2) is 0 Å². The van der Waals surface area contributed by atoms with E-state index in [1.165, 1.54) is 78.9 Å². The van der Waals surface area contributed by atoms with Crippen LogP contribution in [-0.2, 0) is 16.0 Å². The maximum absolute atomic E-state index is 11.9. The fourth-order valence-electron chi connectivity index (χ4n) is 4.63. The van der Waals surface area contributed by atoms with Gasteiger partial charge in [0, 0.05) is 9.75 Å². The van der Waals surface area contributed by atoms with E-state index in [4.69, 9.17) is 4.74 Å². The molecular formula is C21H34BrNO2S. The van der Waals surface area contributed by atoms with Crippen molar-refractivity contribution in [3.8, 4) is 0 Å². The number of piperidine rings is 3. The number of quaternary nitrogens is 1. The topological polar surface area (TPSA) is 26.3 Å². The molecule has 1 aromatic rings. The lowest BCUT2D eigenvalue weighted by Gasteiger charge is -2.49. The summed E-state index contributed by atoms with van der Waals surface area (Å²) in [5.74, 6) is 0.979. The number of halogens is 1. The monoisotopic (exact) mass is 443 g/mol. The lowest BCUT2D eigenvalue weighted by molar-refractivity contribution is -0.942. The second-order valence-electron chi connectivity index (χ2n) is 8.22. The number of carbonyl (C=O) groups is 1. The van der Waals surface area contributed by atoms with Crippen LogP contribution in [0.3, 0.4) is 0 Å². The van der Waals surface area contributed by atoms with E-state index in [0.717, 1.165) is 17.9 Å². The molecule has 4 rings (SSSR count). The molecule has 0 amide bonds. The van der Waals surface area contributed by atoms with Crippen LogP contribution in [0.5, 0.6) is 0 Å². The van der Waals surface area contributed by atoms with E-state index in [-0.39, 0.29) is 23.0 Å². The van der Waals surface area contributed by atoms with Crippen molar-refractivity contribution >= 4 is 17.3 Å². The molecule has 3 saturated heterocycles. The summed E-state index contributed by atoms with van der Waals surface area (Å²) < 4.78 is 6.82. The molecule has 0 unspecified atom stereocenters. The van der Waals surface area contributed by atoms with Gasteiger partial charge < -0.3 is 26.2 Å². The van der Waals surface area contributed by atoms with Gasteiger partial charge in [0.15, 0.2) is 0 Å². The number of fused-ring (bicyclic) bond motifs is 3. The van der Waals surface area contributed by atoms with Crippen molar-refractivity contribution in [3.63, 3.8) is 0 Å². The molecule has 5 heteroatoms. The van der Waals surface area contributed by atoms with E-state index < -0.39 is 0 Å². The minimum absolute atomic E-state index is 0. The Balaban J connectivity index is 0.00000243. The van der Waals surface area contributed by atoms with Crippen molar-refractivity contribution in [2.75, 3.05) is 32.8 Å². The summed E-state index contributed by atoms with van der Waals surface area (Å²) >= 11 is 1.76. The second kappa shape index (κ2) is 10.2. The van der Waals surface area contributed by atoms with E-state index in [1.54, 1.807) is 11.3 Å². The smallest absolute Gasteiger partial charge is 0.310 e. The molecule has 3 fully saturated rings. The summed E-state index contributed by atoms with van der Waals surface area (Å²) in [7, 11) is 0. The molecule has 26 heavy (non-hydrogen) atoms. The normalized spacial score (nSPS) is 24.3. The number of carbonyl (C=O) groups excluding carboxylic acids is 1. The molecule has 0 atom stereocenters. The Kier molecular flexibility index (Phi) is 8.62. The fourth-order valence-corrected chi connectivity index (χ4v) is 5.57. The van der Waals surface area contributed by atoms with Gasteiger partial charge in [-0.05, 0) is 76.3 Å². The molecule has 0 aromatic carbocycles. The van der Waals surface area contributed by atoms with E-state index >= 15 is 0 Å². The maximum Gasteiger partial charge on any atom is 0.310 e. The average Bonchev–Trinajstić information content (AvgIpc) is 2.92. The number of esters is 1. The second-order valence-corrected chi connectivity index (χ2v) is 9.68. The number of hydrogen-bond donors (Lipinski definition) is 0. The third kappa shape index (κ3) is 6.07. The number of unbranched alkanes of at least 4 members (excludes halogenated alkanes) is 3. The minimum atomic E-state index is -0.0737. The summed E-state index contributed by atoms with van der Waals surface area (Å²) in [5.41, 5.74) is 1.13. The third-order valence-corrected chi connectivity index (χ3v) is 7.31. The van der Waals surface area contributed by atoms with Crippen LogP contribution in [-0.4, -0.2) is 43.2 Å². The van der Waals surface area contributed by atoms with Crippen LogP contribution in [0.25, 0.3) is 0 Å². The largest absolute Gasteiger partial charge is 1.00 e. The zero-order valence-electron chi connectivity index (χ0n) is 16.4. The Hall–Kier alpha value is -0.390. The molecule has 1 aromatic heterocycles. The van der Waals surface area contributed by atoms with Crippen molar-refractivity contribution < 1.29 is 31.0 Å². The number of aryl methyl sites for hydroxylation is 2. The molecular weight excluding hydrogens is 410 g/mol. The van der Waals surface area contributed by atoms with Crippen molar-refractivity contribution in [3.05, 3.63) is 21.4 Å². The summed E-state index contributed by atoms with van der Waals surface area (Å²) in [4.78, 5) is 14.4. The molecule has 0 spiro atoms. The van der Waals surface area contributed by atoms with Crippen molar-refractivity contribution in [2.24, 2.45) is 5.92 Å². The van der Waals surface area contributed by atoms with Crippen LogP contribution < -0.4 is 17.0 Å². The predicted molar refractivity (Wildman–Crippen MR) is 104 cm³/mol. The van der Waals surface area contributed by atoms with Gasteiger partial charge in [0.1, 0.15) is 0 Å². The lowest BCUT2D eigenvalue weighted by atomic mass is 9.85. The van der Waals surface area contributed by atoms with Crippen LogP contribution in [0.15, 0.2) is 6.07 Å². The van der Waals surface area contributed by atoms with Gasteiger partial charge in [-0.1, -0.05) is 0 Å². The van der Waals surface area contributed by atoms with Gasteiger partial charge in [0.2, 0.25) is 0 Å².